The molecule has 0 saturated carbocycles. The van der Waals surface area contributed by atoms with E-state index in [1.165, 1.54) is 18.3 Å². The van der Waals surface area contributed by atoms with Crippen molar-refractivity contribution >= 4 is 39.0 Å². The lowest BCUT2D eigenvalue weighted by molar-refractivity contribution is -0.0500. The first-order valence-corrected chi connectivity index (χ1v) is 11.0. The number of rotatable bonds is 7. The number of anilines is 1. The van der Waals surface area contributed by atoms with Crippen LogP contribution in [0.15, 0.2) is 39.7 Å². The van der Waals surface area contributed by atoms with Gasteiger partial charge in [-0.15, -0.1) is 0 Å². The molecule has 0 aliphatic rings. The van der Waals surface area contributed by atoms with Crippen LogP contribution in [0.1, 0.15) is 16.7 Å². The summed E-state index contributed by atoms with van der Waals surface area (Å²) in [6.45, 7) is 1.55. The number of nitrogens with one attached hydrogen (secondary N) is 2. The minimum atomic E-state index is -5.88. The predicted octanol–water partition coefficient (Wildman–Crippen LogP) is 3.65. The zero-order valence-corrected chi connectivity index (χ0v) is 18.0. The van der Waals surface area contributed by atoms with Gasteiger partial charge in [0.25, 0.3) is 0 Å². The van der Waals surface area contributed by atoms with E-state index < -0.39 is 32.8 Å². The smallest absolute Gasteiger partial charge is 0.422 e. The molecule has 0 spiro atoms. The number of aryl methyl sites for hydroxylation is 1. The molecule has 0 atom stereocenters. The van der Waals surface area contributed by atoms with E-state index in [4.69, 9.17) is 4.42 Å². The van der Waals surface area contributed by atoms with Crippen LogP contribution in [0.4, 0.5) is 23.4 Å². The van der Waals surface area contributed by atoms with Gasteiger partial charge in [-0.25, -0.2) is 18.9 Å². The summed E-state index contributed by atoms with van der Waals surface area (Å²) in [5.74, 6) is -1.39. The number of aromatic nitrogens is 1. The summed E-state index contributed by atoms with van der Waals surface area (Å²) in [6, 6.07) is 4.50. The van der Waals surface area contributed by atoms with E-state index in [1.54, 1.807) is 14.0 Å². The molecule has 3 aromatic rings. The van der Waals surface area contributed by atoms with Gasteiger partial charge in [0.05, 0.1) is 0 Å². The number of benzene rings is 1. The molecule has 2 N–H and O–H groups in total. The molecule has 0 aliphatic heterocycles. The maximum absolute atomic E-state index is 14.7. The monoisotopic (exact) mass is 493 g/mol. The average molecular weight is 493 g/mol. The lowest BCUT2D eigenvalue weighted by Crippen LogP contribution is -2.28. The first-order valence-electron chi connectivity index (χ1n) is 8.73. The third-order valence-electron chi connectivity index (χ3n) is 4.33. The van der Waals surface area contributed by atoms with E-state index in [0.29, 0.717) is 10.9 Å². The number of fused-ring (bicyclic) bond motifs is 1. The first-order chi connectivity index (χ1) is 14.9. The minimum Gasteiger partial charge on any atom is -0.422 e. The van der Waals surface area contributed by atoms with Crippen molar-refractivity contribution in [2.24, 2.45) is 0 Å². The minimum absolute atomic E-state index is 0.0441. The van der Waals surface area contributed by atoms with E-state index in [-0.39, 0.29) is 28.9 Å². The van der Waals surface area contributed by atoms with Crippen LogP contribution in [0.3, 0.4) is 0 Å². The molecule has 0 unspecified atom stereocenters. The molecule has 0 saturated heterocycles. The van der Waals surface area contributed by atoms with Crippen molar-refractivity contribution in [1.82, 2.24) is 9.71 Å². The highest BCUT2D eigenvalue weighted by molar-refractivity contribution is 7.98. The highest BCUT2D eigenvalue weighted by atomic mass is 32.2. The summed E-state index contributed by atoms with van der Waals surface area (Å²) in [5, 5.41) is 0.315. The van der Waals surface area contributed by atoms with Gasteiger partial charge in [0.15, 0.2) is 11.6 Å². The van der Waals surface area contributed by atoms with Crippen molar-refractivity contribution in [3.63, 3.8) is 0 Å². The van der Waals surface area contributed by atoms with E-state index in [0.717, 1.165) is 24.3 Å². The van der Waals surface area contributed by atoms with Crippen LogP contribution in [0, 0.1) is 12.7 Å². The Balaban J connectivity index is 1.99. The summed E-state index contributed by atoms with van der Waals surface area (Å²) in [4.78, 5) is 16.4. The average Bonchev–Trinajstić information content (AvgIpc) is 2.70. The summed E-state index contributed by atoms with van der Waals surface area (Å²) in [6.07, 6.45) is 1.22. The van der Waals surface area contributed by atoms with Gasteiger partial charge >= 0.3 is 21.3 Å². The molecule has 3 rings (SSSR count). The zero-order valence-electron chi connectivity index (χ0n) is 16.4. The lowest BCUT2D eigenvalue weighted by atomic mass is 10.00. The second-order valence-corrected chi connectivity index (χ2v) is 8.71. The van der Waals surface area contributed by atoms with Crippen LogP contribution in [0.5, 0.6) is 5.75 Å². The standard InChI is InChI=1S/C18H15F4N3O5S2/c1-9-12-4-3-11(30-32(27,28)18(20,21)22)8-14(12)29-17(26)13(9)7-10-5-6-24-16(15(10)19)25-31-23-2/h3-6,8,23H,7H2,1-2H3,(H,24,25). The van der Waals surface area contributed by atoms with Crippen LogP contribution < -0.4 is 19.3 Å². The van der Waals surface area contributed by atoms with E-state index >= 15 is 0 Å². The maximum atomic E-state index is 14.7. The van der Waals surface area contributed by atoms with Crippen LogP contribution in [-0.2, 0) is 16.5 Å². The van der Waals surface area contributed by atoms with Gasteiger partial charge < -0.3 is 8.60 Å². The third-order valence-corrected chi connectivity index (χ3v) is 5.81. The van der Waals surface area contributed by atoms with Crippen molar-refractivity contribution in [3.05, 3.63) is 63.4 Å². The molecular weight excluding hydrogens is 478 g/mol. The van der Waals surface area contributed by atoms with Crippen molar-refractivity contribution in [3.8, 4) is 5.75 Å². The number of alkyl halides is 3. The molecule has 8 nitrogen and oxygen atoms in total. The quantitative estimate of drug-likeness (QED) is 0.168. The molecule has 0 bridgehead atoms. The fraction of sp³-hybridized carbons (Fsp3) is 0.222. The zero-order chi connectivity index (χ0) is 23.7. The van der Waals surface area contributed by atoms with E-state index in [2.05, 4.69) is 18.6 Å². The van der Waals surface area contributed by atoms with Gasteiger partial charge in [0.2, 0.25) is 0 Å². The number of hydrogen-bond donors (Lipinski definition) is 2. The highest BCUT2D eigenvalue weighted by Gasteiger charge is 2.48. The van der Waals surface area contributed by atoms with Gasteiger partial charge in [-0.1, -0.05) is 0 Å². The Kier molecular flexibility index (Phi) is 6.67. The van der Waals surface area contributed by atoms with Crippen LogP contribution in [0.25, 0.3) is 11.0 Å². The number of halogens is 4. The van der Waals surface area contributed by atoms with Crippen molar-refractivity contribution in [2.45, 2.75) is 18.9 Å². The molecule has 1 aromatic carbocycles. The van der Waals surface area contributed by atoms with Gasteiger partial charge in [-0.3, -0.25) is 4.72 Å². The summed E-state index contributed by atoms with van der Waals surface area (Å²) >= 11 is 0.997. The molecule has 0 radical (unpaired) electrons. The van der Waals surface area contributed by atoms with Crippen LogP contribution in [0.2, 0.25) is 0 Å². The Labute approximate surface area is 183 Å². The van der Waals surface area contributed by atoms with Gasteiger partial charge in [0.1, 0.15) is 11.3 Å². The topological polar surface area (TPSA) is 111 Å². The molecule has 2 heterocycles. The second-order valence-electron chi connectivity index (χ2n) is 6.35. The molecule has 2 aromatic heterocycles. The van der Waals surface area contributed by atoms with Gasteiger partial charge in [0, 0.05) is 41.8 Å². The number of nitrogens with zero attached hydrogens (tertiary/aromatic N) is 1. The SMILES string of the molecule is CNSNc1nccc(Cc2c(C)c3ccc(OS(=O)(=O)C(F)(F)F)cc3oc2=O)c1F. The molecule has 0 aliphatic carbocycles. The van der Waals surface area contributed by atoms with E-state index in [9.17, 15) is 30.8 Å². The van der Waals surface area contributed by atoms with E-state index in [1.807, 2.05) is 0 Å². The normalized spacial score (nSPS) is 12.2. The lowest BCUT2D eigenvalue weighted by Gasteiger charge is -2.12. The fourth-order valence-corrected chi connectivity index (χ4v) is 3.58. The van der Waals surface area contributed by atoms with Crippen molar-refractivity contribution in [2.75, 3.05) is 11.8 Å². The van der Waals surface area contributed by atoms with Crippen LogP contribution in [-0.4, -0.2) is 26.0 Å². The number of hydrogen-bond acceptors (Lipinski definition) is 9. The summed E-state index contributed by atoms with van der Waals surface area (Å²) < 4.78 is 89.2. The molecule has 32 heavy (non-hydrogen) atoms. The Hall–Kier alpha value is -2.84. The first kappa shape index (κ1) is 23.8. The molecular formula is C18H15F4N3O5S2. The Morgan fingerprint density at radius 3 is 2.62 bits per heavy atom. The highest BCUT2D eigenvalue weighted by Crippen LogP contribution is 2.30. The molecule has 172 valence electrons. The summed E-state index contributed by atoms with van der Waals surface area (Å²) in [5.41, 5.74) is -6.00. The Morgan fingerprint density at radius 2 is 1.97 bits per heavy atom. The van der Waals surface area contributed by atoms with Gasteiger partial charge in [-0.2, -0.15) is 21.6 Å². The third kappa shape index (κ3) is 4.81. The summed E-state index contributed by atoms with van der Waals surface area (Å²) in [7, 11) is -4.26. The largest absolute Gasteiger partial charge is 0.534 e. The fourth-order valence-electron chi connectivity index (χ4n) is 2.79. The maximum Gasteiger partial charge on any atom is 0.534 e. The Morgan fingerprint density at radius 1 is 1.25 bits per heavy atom. The molecule has 0 amide bonds. The van der Waals surface area contributed by atoms with Crippen molar-refractivity contribution in [1.29, 1.82) is 0 Å². The van der Waals surface area contributed by atoms with Crippen molar-refractivity contribution < 1.29 is 34.6 Å². The molecule has 0 fully saturated rings. The second kappa shape index (κ2) is 8.96. The predicted molar refractivity (Wildman–Crippen MR) is 110 cm³/mol. The van der Waals surface area contributed by atoms with Crippen LogP contribution >= 0.6 is 12.1 Å². The van der Waals surface area contributed by atoms with Gasteiger partial charge in [-0.05, 0) is 43.3 Å². The molecule has 14 heteroatoms. The Bertz CT molecular complexity index is 1330. The number of pyridine rings is 1.